The Labute approximate surface area is 118 Å². The molecule has 0 unspecified atom stereocenters. The summed E-state index contributed by atoms with van der Waals surface area (Å²) in [4.78, 5) is 5.26. The number of hydrogen-bond donors (Lipinski definition) is 1. The van der Waals surface area contributed by atoms with Gasteiger partial charge in [0.05, 0.1) is 0 Å². The van der Waals surface area contributed by atoms with Gasteiger partial charge >= 0.3 is 0 Å². The Hall–Kier alpha value is -1.52. The number of nitrogens with one attached hydrogen (secondary N) is 1. The monoisotopic (exact) mass is 274 g/mol. The van der Waals surface area contributed by atoms with Crippen LogP contribution in [-0.2, 0) is 6.54 Å². The van der Waals surface area contributed by atoms with Crippen LogP contribution >= 0.6 is 11.8 Å². The van der Waals surface area contributed by atoms with E-state index in [1.807, 2.05) is 30.5 Å². The zero-order valence-corrected chi connectivity index (χ0v) is 11.8. The summed E-state index contributed by atoms with van der Waals surface area (Å²) in [5.41, 5.74) is 1.19. The van der Waals surface area contributed by atoms with Crippen molar-refractivity contribution >= 4 is 11.8 Å². The van der Waals surface area contributed by atoms with Crippen molar-refractivity contribution in [2.45, 2.75) is 11.4 Å². The lowest BCUT2D eigenvalue weighted by atomic mass is 10.3. The lowest BCUT2D eigenvalue weighted by molar-refractivity contribution is 0.307. The first kappa shape index (κ1) is 13.9. The van der Waals surface area contributed by atoms with Gasteiger partial charge in [-0.3, -0.25) is 4.98 Å². The number of pyridine rings is 1. The van der Waals surface area contributed by atoms with Crippen LogP contribution in [0.1, 0.15) is 5.56 Å². The molecule has 0 radical (unpaired) electrons. The van der Waals surface area contributed by atoms with Gasteiger partial charge in [0.2, 0.25) is 0 Å². The van der Waals surface area contributed by atoms with E-state index in [2.05, 4.69) is 28.7 Å². The SMILES string of the molecule is CSc1ccccc1OCCNCc1cccnc1. The molecule has 0 amide bonds. The van der Waals surface area contributed by atoms with Crippen molar-refractivity contribution in [1.29, 1.82) is 0 Å². The summed E-state index contributed by atoms with van der Waals surface area (Å²) in [5, 5.41) is 3.34. The molecule has 3 nitrogen and oxygen atoms in total. The molecule has 0 aliphatic heterocycles. The van der Waals surface area contributed by atoms with Crippen LogP contribution in [0.5, 0.6) is 5.75 Å². The van der Waals surface area contributed by atoms with E-state index >= 15 is 0 Å². The number of nitrogens with zero attached hydrogens (tertiary/aromatic N) is 1. The van der Waals surface area contributed by atoms with Crippen LogP contribution in [0.25, 0.3) is 0 Å². The first-order chi connectivity index (χ1) is 9.40. The molecule has 19 heavy (non-hydrogen) atoms. The molecule has 0 bridgehead atoms. The molecule has 0 saturated heterocycles. The third-order valence-electron chi connectivity index (χ3n) is 2.66. The molecule has 0 spiro atoms. The van der Waals surface area contributed by atoms with Crippen LogP contribution in [0, 0.1) is 0 Å². The number of rotatable bonds is 7. The van der Waals surface area contributed by atoms with Crippen LogP contribution in [0.2, 0.25) is 0 Å². The molecule has 2 rings (SSSR count). The molecule has 1 aromatic carbocycles. The maximum Gasteiger partial charge on any atom is 0.132 e. The summed E-state index contributed by atoms with van der Waals surface area (Å²) in [5.74, 6) is 0.957. The Morgan fingerprint density at radius 1 is 1.21 bits per heavy atom. The van der Waals surface area contributed by atoms with Gasteiger partial charge in [-0.05, 0) is 30.0 Å². The lowest BCUT2D eigenvalue weighted by Crippen LogP contribution is -2.20. The van der Waals surface area contributed by atoms with E-state index in [1.54, 1.807) is 18.0 Å². The molecule has 0 atom stereocenters. The van der Waals surface area contributed by atoms with Gasteiger partial charge in [-0.15, -0.1) is 11.8 Å². The lowest BCUT2D eigenvalue weighted by Gasteiger charge is -2.10. The summed E-state index contributed by atoms with van der Waals surface area (Å²) in [6.45, 7) is 2.30. The predicted molar refractivity (Wildman–Crippen MR) is 79.7 cm³/mol. The van der Waals surface area contributed by atoms with Crippen LogP contribution in [-0.4, -0.2) is 24.4 Å². The van der Waals surface area contributed by atoms with Crippen molar-refractivity contribution in [3.63, 3.8) is 0 Å². The van der Waals surface area contributed by atoms with Crippen LogP contribution < -0.4 is 10.1 Å². The number of aromatic nitrogens is 1. The van der Waals surface area contributed by atoms with Gasteiger partial charge in [0.1, 0.15) is 12.4 Å². The van der Waals surface area contributed by atoms with E-state index in [1.165, 1.54) is 10.5 Å². The van der Waals surface area contributed by atoms with Crippen molar-refractivity contribution in [3.05, 3.63) is 54.4 Å². The molecule has 0 fully saturated rings. The van der Waals surface area contributed by atoms with Crippen molar-refractivity contribution in [3.8, 4) is 5.75 Å². The number of thioether (sulfide) groups is 1. The van der Waals surface area contributed by atoms with E-state index in [4.69, 9.17) is 4.74 Å². The smallest absolute Gasteiger partial charge is 0.132 e. The fraction of sp³-hybridized carbons (Fsp3) is 0.267. The molecular formula is C15H18N2OS. The molecule has 0 saturated carbocycles. The quantitative estimate of drug-likeness (QED) is 0.622. The number of para-hydroxylation sites is 1. The molecule has 2 aromatic rings. The molecule has 0 aliphatic carbocycles. The standard InChI is InChI=1S/C15H18N2OS/c1-19-15-7-3-2-6-14(15)18-10-9-17-12-13-5-4-8-16-11-13/h2-8,11,17H,9-10,12H2,1H3. The largest absolute Gasteiger partial charge is 0.491 e. The second-order valence-corrected chi connectivity index (χ2v) is 4.89. The first-order valence-corrected chi connectivity index (χ1v) is 7.48. The molecule has 4 heteroatoms. The summed E-state index contributed by atoms with van der Waals surface area (Å²) in [7, 11) is 0. The number of hydrogen-bond acceptors (Lipinski definition) is 4. The zero-order chi connectivity index (χ0) is 13.3. The second kappa shape index (κ2) is 7.81. The second-order valence-electron chi connectivity index (χ2n) is 4.04. The van der Waals surface area contributed by atoms with E-state index in [-0.39, 0.29) is 0 Å². The Balaban J connectivity index is 1.69. The average Bonchev–Trinajstić information content (AvgIpc) is 2.48. The minimum absolute atomic E-state index is 0.665. The van der Waals surface area contributed by atoms with Crippen LogP contribution in [0.15, 0.2) is 53.7 Å². The van der Waals surface area contributed by atoms with E-state index in [0.717, 1.165) is 18.8 Å². The van der Waals surface area contributed by atoms with Gasteiger partial charge in [-0.1, -0.05) is 18.2 Å². The molecule has 1 aromatic heterocycles. The van der Waals surface area contributed by atoms with Gasteiger partial charge in [0, 0.05) is 30.4 Å². The first-order valence-electron chi connectivity index (χ1n) is 6.25. The molecular weight excluding hydrogens is 256 g/mol. The van der Waals surface area contributed by atoms with Crippen LogP contribution in [0.4, 0.5) is 0 Å². The van der Waals surface area contributed by atoms with E-state index < -0.39 is 0 Å². The summed E-state index contributed by atoms with van der Waals surface area (Å²) >= 11 is 1.70. The molecule has 100 valence electrons. The molecule has 1 N–H and O–H groups in total. The number of ether oxygens (including phenoxy) is 1. The molecule has 0 aliphatic rings. The highest BCUT2D eigenvalue weighted by molar-refractivity contribution is 7.98. The minimum Gasteiger partial charge on any atom is -0.491 e. The van der Waals surface area contributed by atoms with E-state index in [9.17, 15) is 0 Å². The van der Waals surface area contributed by atoms with Crippen molar-refractivity contribution < 1.29 is 4.74 Å². The van der Waals surface area contributed by atoms with Gasteiger partial charge in [0.15, 0.2) is 0 Å². The Kier molecular flexibility index (Phi) is 5.72. The fourth-order valence-corrected chi connectivity index (χ4v) is 2.25. The fourth-order valence-electron chi connectivity index (χ4n) is 1.71. The summed E-state index contributed by atoms with van der Waals surface area (Å²) < 4.78 is 5.77. The van der Waals surface area contributed by atoms with Gasteiger partial charge in [-0.25, -0.2) is 0 Å². The minimum atomic E-state index is 0.665. The summed E-state index contributed by atoms with van der Waals surface area (Å²) in [6, 6.07) is 12.1. The highest BCUT2D eigenvalue weighted by Gasteiger charge is 2.00. The zero-order valence-electron chi connectivity index (χ0n) is 11.0. The third kappa shape index (κ3) is 4.58. The maximum atomic E-state index is 5.77. The van der Waals surface area contributed by atoms with Gasteiger partial charge in [0.25, 0.3) is 0 Å². The van der Waals surface area contributed by atoms with Crippen LogP contribution in [0.3, 0.4) is 0 Å². The number of benzene rings is 1. The topological polar surface area (TPSA) is 34.1 Å². The van der Waals surface area contributed by atoms with Crippen molar-refractivity contribution in [2.24, 2.45) is 0 Å². The highest BCUT2D eigenvalue weighted by Crippen LogP contribution is 2.26. The molecule has 1 heterocycles. The normalized spacial score (nSPS) is 10.4. The van der Waals surface area contributed by atoms with Gasteiger partial charge in [-0.2, -0.15) is 0 Å². The highest BCUT2D eigenvalue weighted by atomic mass is 32.2. The maximum absolute atomic E-state index is 5.77. The van der Waals surface area contributed by atoms with Crippen molar-refractivity contribution in [2.75, 3.05) is 19.4 Å². The van der Waals surface area contributed by atoms with Crippen molar-refractivity contribution in [1.82, 2.24) is 10.3 Å². The Morgan fingerprint density at radius 2 is 2.11 bits per heavy atom. The Bertz CT molecular complexity index is 491. The Morgan fingerprint density at radius 3 is 2.89 bits per heavy atom. The average molecular weight is 274 g/mol. The predicted octanol–water partition coefficient (Wildman–Crippen LogP) is 2.97. The summed E-state index contributed by atoms with van der Waals surface area (Å²) in [6.07, 6.45) is 5.71. The van der Waals surface area contributed by atoms with E-state index in [0.29, 0.717) is 6.61 Å². The van der Waals surface area contributed by atoms with Gasteiger partial charge < -0.3 is 10.1 Å². The third-order valence-corrected chi connectivity index (χ3v) is 3.43.